The number of hydrogen-bond donors (Lipinski definition) is 0. The van der Waals surface area contributed by atoms with Crippen LogP contribution in [0, 0.1) is 5.92 Å². The highest BCUT2D eigenvalue weighted by molar-refractivity contribution is 8.18. The zero-order valence-electron chi connectivity index (χ0n) is 23.3. The van der Waals surface area contributed by atoms with E-state index >= 15 is 0 Å². The highest BCUT2D eigenvalue weighted by atomic mass is 32.2. The van der Waals surface area contributed by atoms with E-state index in [1.165, 1.54) is 22.2 Å². The summed E-state index contributed by atoms with van der Waals surface area (Å²) in [6.45, 7) is 4.07. The monoisotopic (exact) mass is 578 g/mol. The summed E-state index contributed by atoms with van der Waals surface area (Å²) in [5.74, 6) is 1.61. The maximum absolute atomic E-state index is 13.1. The van der Waals surface area contributed by atoms with Crippen LogP contribution in [0.3, 0.4) is 0 Å². The number of amides is 1. The lowest BCUT2D eigenvalue weighted by Gasteiger charge is -2.32. The van der Waals surface area contributed by atoms with E-state index in [2.05, 4.69) is 71.4 Å². The minimum Gasteiger partial charge on any atom is -0.351 e. The van der Waals surface area contributed by atoms with Gasteiger partial charge in [-0.25, -0.2) is 4.68 Å². The Hall–Kier alpha value is -3.55. The third kappa shape index (κ3) is 6.68. The Kier molecular flexibility index (Phi) is 8.73. The number of thioether (sulfide) groups is 2. The molecule has 1 fully saturated rings. The van der Waals surface area contributed by atoms with Gasteiger partial charge >= 0.3 is 0 Å². The minimum absolute atomic E-state index is 0.166. The lowest BCUT2D eigenvalue weighted by atomic mass is 9.90. The second-order valence-corrected chi connectivity index (χ2v) is 12.7. The maximum Gasteiger partial charge on any atom is 0.286 e. The van der Waals surface area contributed by atoms with Crippen molar-refractivity contribution in [1.82, 2.24) is 14.7 Å². The zero-order chi connectivity index (χ0) is 28.0. The normalized spacial score (nSPS) is 16.9. The van der Waals surface area contributed by atoms with Crippen LogP contribution in [0.2, 0.25) is 0 Å². The van der Waals surface area contributed by atoms with E-state index < -0.39 is 0 Å². The van der Waals surface area contributed by atoms with E-state index in [1.807, 2.05) is 59.0 Å². The minimum atomic E-state index is -0.166. The molecule has 4 aromatic rings. The van der Waals surface area contributed by atoms with Crippen LogP contribution in [0.4, 0.5) is 0 Å². The number of aliphatic imine (C=N–C) groups is 1. The number of hydrogen-bond acceptors (Lipinski definition) is 5. The summed E-state index contributed by atoms with van der Waals surface area (Å²) in [5, 5.41) is 5.79. The number of rotatable bonds is 8. The molecular formula is C34H34N4OS2. The Bertz CT molecular complexity index is 1540. The molecule has 0 aliphatic carbocycles. The average Bonchev–Trinajstić information content (AvgIpc) is 3.61. The highest BCUT2D eigenvalue weighted by Gasteiger charge is 2.29. The molecule has 0 saturated carbocycles. The van der Waals surface area contributed by atoms with Crippen LogP contribution in [0.25, 0.3) is 23.0 Å². The molecule has 208 valence electrons. The summed E-state index contributed by atoms with van der Waals surface area (Å²) >= 11 is 3.36. The summed E-state index contributed by atoms with van der Waals surface area (Å²) in [5.41, 5.74) is 5.19. The lowest BCUT2D eigenvalue weighted by molar-refractivity contribution is -0.113. The summed E-state index contributed by atoms with van der Waals surface area (Å²) in [7, 11) is 0. The van der Waals surface area contributed by atoms with Crippen LogP contribution in [0.15, 0.2) is 106 Å². The fourth-order valence-corrected chi connectivity index (χ4v) is 7.03. The molecule has 1 amide bonds. The van der Waals surface area contributed by atoms with Gasteiger partial charge in [-0.05, 0) is 85.0 Å². The second-order valence-electron chi connectivity index (χ2n) is 10.5. The van der Waals surface area contributed by atoms with E-state index in [4.69, 9.17) is 5.10 Å². The number of piperidine rings is 1. The Morgan fingerprint density at radius 3 is 2.37 bits per heavy atom. The Labute approximate surface area is 250 Å². The van der Waals surface area contributed by atoms with Gasteiger partial charge in [-0.3, -0.25) is 4.79 Å². The molecular weight excluding hydrogens is 545 g/mol. The third-order valence-electron chi connectivity index (χ3n) is 7.51. The summed E-state index contributed by atoms with van der Waals surface area (Å²) < 4.78 is 1.89. The predicted molar refractivity (Wildman–Crippen MR) is 172 cm³/mol. The van der Waals surface area contributed by atoms with Gasteiger partial charge in [0.15, 0.2) is 5.17 Å². The lowest BCUT2D eigenvalue weighted by Crippen LogP contribution is -2.37. The number of amidine groups is 1. The molecule has 0 spiro atoms. The molecule has 0 radical (unpaired) electrons. The van der Waals surface area contributed by atoms with Crippen molar-refractivity contribution >= 4 is 40.7 Å². The summed E-state index contributed by atoms with van der Waals surface area (Å²) in [6, 6.07) is 29.4. The number of nitrogens with zero attached hydrogens (tertiary/aromatic N) is 4. The van der Waals surface area contributed by atoms with Gasteiger partial charge in [-0.1, -0.05) is 67.6 Å². The van der Waals surface area contributed by atoms with Crippen LogP contribution in [-0.2, 0) is 11.2 Å². The number of aromatic nitrogens is 2. The van der Waals surface area contributed by atoms with Crippen LogP contribution in [-0.4, -0.2) is 44.6 Å². The van der Waals surface area contributed by atoms with Crippen molar-refractivity contribution in [2.45, 2.75) is 37.5 Å². The van der Waals surface area contributed by atoms with E-state index in [0.29, 0.717) is 10.8 Å². The molecule has 1 aromatic heterocycles. The molecule has 0 bridgehead atoms. The molecule has 3 aromatic carbocycles. The first-order valence-corrected chi connectivity index (χ1v) is 16.2. The van der Waals surface area contributed by atoms with Gasteiger partial charge in [0.2, 0.25) is 0 Å². The number of carbonyl (C=O) groups is 1. The third-order valence-corrected chi connectivity index (χ3v) is 9.77. The van der Waals surface area contributed by atoms with Crippen molar-refractivity contribution in [3.8, 4) is 16.9 Å². The van der Waals surface area contributed by atoms with Gasteiger partial charge in [0.05, 0.1) is 16.3 Å². The molecule has 7 heteroatoms. The van der Waals surface area contributed by atoms with Crippen molar-refractivity contribution in [3.05, 3.63) is 107 Å². The summed E-state index contributed by atoms with van der Waals surface area (Å²) in [6.07, 6.45) is 8.47. The summed E-state index contributed by atoms with van der Waals surface area (Å²) in [4.78, 5) is 21.7. The highest BCUT2D eigenvalue weighted by Crippen LogP contribution is 2.35. The van der Waals surface area contributed by atoms with Crippen LogP contribution in [0.1, 0.15) is 37.3 Å². The molecule has 41 heavy (non-hydrogen) atoms. The molecule has 3 heterocycles. The van der Waals surface area contributed by atoms with Crippen molar-refractivity contribution in [2.24, 2.45) is 10.9 Å². The van der Waals surface area contributed by atoms with Crippen molar-refractivity contribution in [1.29, 1.82) is 0 Å². The largest absolute Gasteiger partial charge is 0.351 e. The average molecular weight is 579 g/mol. The number of benzene rings is 3. The van der Waals surface area contributed by atoms with Crippen LogP contribution >= 0.6 is 23.5 Å². The van der Waals surface area contributed by atoms with E-state index in [1.54, 1.807) is 0 Å². The second kappa shape index (κ2) is 13.0. The molecule has 0 unspecified atom stereocenters. The predicted octanol–water partition coefficient (Wildman–Crippen LogP) is 7.97. The number of carbonyl (C=O) groups excluding carboxylic acids is 1. The SMILES string of the molecule is CCCSc1ccc(-c2nn(-c3ccccc3)cc2/C=C2\SC(N3CCC(Cc4ccccc4)CC3)=NC2=O)cc1. The van der Waals surface area contributed by atoms with Gasteiger partial charge in [0.25, 0.3) is 5.91 Å². The first-order chi connectivity index (χ1) is 20.2. The van der Waals surface area contributed by atoms with Crippen molar-refractivity contribution in [2.75, 3.05) is 18.8 Å². The molecule has 1 saturated heterocycles. The van der Waals surface area contributed by atoms with Crippen LogP contribution < -0.4 is 0 Å². The van der Waals surface area contributed by atoms with Gasteiger partial charge in [0, 0.05) is 35.3 Å². The Morgan fingerprint density at radius 1 is 0.951 bits per heavy atom. The van der Waals surface area contributed by atoms with Gasteiger partial charge in [0.1, 0.15) is 0 Å². The molecule has 2 aliphatic rings. The van der Waals surface area contributed by atoms with Gasteiger partial charge < -0.3 is 4.90 Å². The molecule has 5 nitrogen and oxygen atoms in total. The number of likely N-dealkylation sites (tertiary alicyclic amines) is 1. The maximum atomic E-state index is 13.1. The fourth-order valence-electron chi connectivity index (χ4n) is 5.31. The van der Waals surface area contributed by atoms with E-state index in [0.717, 1.165) is 72.2 Å². The fraction of sp³-hybridized carbons (Fsp3) is 0.265. The van der Waals surface area contributed by atoms with E-state index in [9.17, 15) is 4.79 Å². The standard InChI is InChI=1S/C34H34N4OS2/c1-2-21-40-30-15-13-27(14-16-30)32-28(24-38(36-32)29-11-7-4-8-12-29)23-31-33(39)35-34(41-31)37-19-17-26(18-20-37)22-25-9-5-3-6-10-25/h3-16,23-24,26H,2,17-22H2,1H3/b31-23-. The van der Waals surface area contributed by atoms with Gasteiger partial charge in [-0.2, -0.15) is 10.1 Å². The quantitative estimate of drug-likeness (QED) is 0.157. The topological polar surface area (TPSA) is 50.5 Å². The van der Waals surface area contributed by atoms with Crippen molar-refractivity contribution < 1.29 is 4.79 Å². The first kappa shape index (κ1) is 27.6. The van der Waals surface area contributed by atoms with Crippen molar-refractivity contribution in [3.63, 3.8) is 0 Å². The van der Waals surface area contributed by atoms with Gasteiger partial charge in [-0.15, -0.1) is 11.8 Å². The smallest absolute Gasteiger partial charge is 0.286 e. The Morgan fingerprint density at radius 2 is 1.66 bits per heavy atom. The number of para-hydroxylation sites is 1. The van der Waals surface area contributed by atoms with E-state index in [-0.39, 0.29) is 5.91 Å². The Balaban J connectivity index is 1.20. The molecule has 6 rings (SSSR count). The molecule has 2 aliphatic heterocycles. The molecule has 0 atom stereocenters. The first-order valence-electron chi connectivity index (χ1n) is 14.4. The molecule has 0 N–H and O–H groups in total. The van der Waals surface area contributed by atoms with Crippen LogP contribution in [0.5, 0.6) is 0 Å². The zero-order valence-corrected chi connectivity index (χ0v) is 24.9.